The number of aliphatic imine (C=N–C) groups is 1. The van der Waals surface area contributed by atoms with Crippen molar-refractivity contribution in [2.75, 3.05) is 46.8 Å². The lowest BCUT2D eigenvalue weighted by Gasteiger charge is -2.26. The molecule has 1 aliphatic heterocycles. The maximum Gasteiger partial charge on any atom is 0.401 e. The second kappa shape index (κ2) is 7.73. The molecule has 1 saturated heterocycles. The summed E-state index contributed by atoms with van der Waals surface area (Å²) in [4.78, 5) is 7.96. The van der Waals surface area contributed by atoms with Gasteiger partial charge in [-0.1, -0.05) is 12.8 Å². The minimum atomic E-state index is -4.12. The van der Waals surface area contributed by atoms with Crippen molar-refractivity contribution in [2.24, 2.45) is 10.4 Å². The molecule has 0 aromatic heterocycles. The molecule has 0 unspecified atom stereocenters. The van der Waals surface area contributed by atoms with Gasteiger partial charge < -0.3 is 10.2 Å². The Morgan fingerprint density at radius 2 is 1.96 bits per heavy atom. The van der Waals surface area contributed by atoms with E-state index in [1.165, 1.54) is 44.1 Å². The molecule has 7 heteroatoms. The van der Waals surface area contributed by atoms with E-state index in [4.69, 9.17) is 0 Å². The molecule has 1 heterocycles. The number of nitrogens with one attached hydrogen (secondary N) is 1. The minimum absolute atomic E-state index is 0.424. The average Bonchev–Trinajstić information content (AvgIpc) is 3.08. The van der Waals surface area contributed by atoms with E-state index in [1.807, 2.05) is 0 Å². The summed E-state index contributed by atoms with van der Waals surface area (Å²) in [5.41, 5.74) is 0.491. The number of hydrogen-bond acceptors (Lipinski definition) is 2. The second-order valence-electron chi connectivity index (χ2n) is 7.06. The zero-order valence-corrected chi connectivity index (χ0v) is 14.3. The van der Waals surface area contributed by atoms with Gasteiger partial charge in [0, 0.05) is 26.7 Å². The second-order valence-corrected chi connectivity index (χ2v) is 7.06. The van der Waals surface area contributed by atoms with Crippen LogP contribution in [0.15, 0.2) is 4.99 Å². The Morgan fingerprint density at radius 3 is 2.57 bits per heavy atom. The third kappa shape index (κ3) is 5.55. The number of rotatable bonds is 5. The Hall–Kier alpha value is -0.980. The summed E-state index contributed by atoms with van der Waals surface area (Å²) < 4.78 is 36.8. The van der Waals surface area contributed by atoms with Crippen molar-refractivity contribution in [3.05, 3.63) is 0 Å². The Labute approximate surface area is 137 Å². The van der Waals surface area contributed by atoms with Crippen LogP contribution in [0.2, 0.25) is 0 Å². The summed E-state index contributed by atoms with van der Waals surface area (Å²) >= 11 is 0. The summed E-state index contributed by atoms with van der Waals surface area (Å²) in [6.07, 6.45) is 3.11. The molecule has 0 aromatic rings. The van der Waals surface area contributed by atoms with Crippen LogP contribution in [-0.2, 0) is 0 Å². The quantitative estimate of drug-likeness (QED) is 0.476. The third-order valence-electron chi connectivity index (χ3n) is 5.06. The largest absolute Gasteiger partial charge is 0.401 e. The highest BCUT2D eigenvalue weighted by Gasteiger charge is 2.41. The fourth-order valence-electron chi connectivity index (χ4n) is 3.92. The van der Waals surface area contributed by atoms with Gasteiger partial charge >= 0.3 is 6.18 Å². The van der Waals surface area contributed by atoms with E-state index in [0.29, 0.717) is 24.9 Å². The van der Waals surface area contributed by atoms with E-state index < -0.39 is 12.7 Å². The minimum Gasteiger partial charge on any atom is -0.356 e. The molecule has 2 rings (SSSR count). The molecule has 1 saturated carbocycles. The molecule has 1 aliphatic carbocycles. The van der Waals surface area contributed by atoms with Crippen molar-refractivity contribution >= 4 is 5.96 Å². The molecular weight excluding hydrogens is 305 g/mol. The lowest BCUT2D eigenvalue weighted by molar-refractivity contribution is -0.143. The summed E-state index contributed by atoms with van der Waals surface area (Å²) in [6, 6.07) is 0. The lowest BCUT2D eigenvalue weighted by atomic mass is 9.86. The number of alkyl halides is 3. The van der Waals surface area contributed by atoms with E-state index in [9.17, 15) is 13.2 Å². The molecule has 0 bridgehead atoms. The molecular formula is C16H29F3N4. The first kappa shape index (κ1) is 18.4. The van der Waals surface area contributed by atoms with Gasteiger partial charge in [-0.05, 0) is 44.7 Å². The molecule has 0 radical (unpaired) electrons. The smallest absolute Gasteiger partial charge is 0.356 e. The number of guanidine groups is 1. The Bertz CT molecular complexity index is 403. The molecule has 1 spiro atoms. The first-order valence-electron chi connectivity index (χ1n) is 8.54. The van der Waals surface area contributed by atoms with Gasteiger partial charge in [0.2, 0.25) is 0 Å². The van der Waals surface area contributed by atoms with Crippen LogP contribution in [0.1, 0.15) is 38.5 Å². The molecule has 0 aromatic carbocycles. The molecule has 0 amide bonds. The highest BCUT2D eigenvalue weighted by molar-refractivity contribution is 5.80. The van der Waals surface area contributed by atoms with E-state index in [1.54, 1.807) is 7.05 Å². The van der Waals surface area contributed by atoms with Crippen LogP contribution in [0.25, 0.3) is 0 Å². The molecule has 1 N–H and O–H groups in total. The van der Waals surface area contributed by atoms with Crippen molar-refractivity contribution < 1.29 is 13.2 Å². The Kier molecular flexibility index (Phi) is 6.17. The third-order valence-corrected chi connectivity index (χ3v) is 5.06. The Morgan fingerprint density at radius 1 is 1.26 bits per heavy atom. The van der Waals surface area contributed by atoms with Gasteiger partial charge in [-0.15, -0.1) is 0 Å². The summed E-state index contributed by atoms with van der Waals surface area (Å²) in [6.45, 7) is 2.33. The Balaban J connectivity index is 1.68. The van der Waals surface area contributed by atoms with Gasteiger partial charge in [0.1, 0.15) is 0 Å². The van der Waals surface area contributed by atoms with Gasteiger partial charge in [-0.2, -0.15) is 13.2 Å². The average molecular weight is 334 g/mol. The van der Waals surface area contributed by atoms with Gasteiger partial charge in [-0.25, -0.2) is 0 Å². The maximum absolute atomic E-state index is 12.3. The standard InChI is InChI=1S/C16H29F3N4/c1-20-14(21-9-5-10-22(2)13-16(17,18)19)23-11-8-15(12-23)6-3-4-7-15/h3-13H2,1-2H3,(H,20,21). The molecule has 23 heavy (non-hydrogen) atoms. The monoisotopic (exact) mass is 334 g/mol. The first-order chi connectivity index (χ1) is 10.8. The van der Waals surface area contributed by atoms with Gasteiger partial charge in [0.05, 0.1) is 6.54 Å². The predicted molar refractivity (Wildman–Crippen MR) is 86.6 cm³/mol. The van der Waals surface area contributed by atoms with Crippen LogP contribution in [0.5, 0.6) is 0 Å². The van der Waals surface area contributed by atoms with E-state index >= 15 is 0 Å². The van der Waals surface area contributed by atoms with Gasteiger partial charge in [0.15, 0.2) is 5.96 Å². The van der Waals surface area contributed by atoms with Crippen LogP contribution in [0, 0.1) is 5.41 Å². The SMILES string of the molecule is CN=C(NCCCN(C)CC(F)(F)F)N1CCC2(CCCC2)C1. The van der Waals surface area contributed by atoms with Crippen LogP contribution in [-0.4, -0.2) is 68.8 Å². The predicted octanol–water partition coefficient (Wildman–Crippen LogP) is 2.71. The fourth-order valence-corrected chi connectivity index (χ4v) is 3.92. The molecule has 134 valence electrons. The van der Waals surface area contributed by atoms with Crippen molar-refractivity contribution in [1.82, 2.24) is 15.1 Å². The van der Waals surface area contributed by atoms with Crippen molar-refractivity contribution in [1.29, 1.82) is 0 Å². The van der Waals surface area contributed by atoms with E-state index in [2.05, 4.69) is 15.2 Å². The lowest BCUT2D eigenvalue weighted by Crippen LogP contribution is -2.42. The summed E-state index contributed by atoms with van der Waals surface area (Å²) in [5.74, 6) is 0.896. The van der Waals surface area contributed by atoms with Crippen molar-refractivity contribution in [3.63, 3.8) is 0 Å². The summed E-state index contributed by atoms with van der Waals surface area (Å²) in [5, 5.41) is 3.30. The maximum atomic E-state index is 12.3. The molecule has 4 nitrogen and oxygen atoms in total. The van der Waals surface area contributed by atoms with Gasteiger partial charge in [0.25, 0.3) is 0 Å². The zero-order valence-electron chi connectivity index (χ0n) is 14.3. The first-order valence-corrected chi connectivity index (χ1v) is 8.54. The van der Waals surface area contributed by atoms with Crippen molar-refractivity contribution in [3.8, 4) is 0 Å². The van der Waals surface area contributed by atoms with Crippen LogP contribution in [0.4, 0.5) is 13.2 Å². The van der Waals surface area contributed by atoms with E-state index in [-0.39, 0.29) is 0 Å². The molecule has 2 fully saturated rings. The van der Waals surface area contributed by atoms with Crippen LogP contribution < -0.4 is 5.32 Å². The number of hydrogen-bond donors (Lipinski definition) is 1. The van der Waals surface area contributed by atoms with Crippen LogP contribution >= 0.6 is 0 Å². The van der Waals surface area contributed by atoms with E-state index in [0.717, 1.165) is 19.0 Å². The fraction of sp³-hybridized carbons (Fsp3) is 0.938. The van der Waals surface area contributed by atoms with Crippen molar-refractivity contribution in [2.45, 2.75) is 44.7 Å². The topological polar surface area (TPSA) is 30.9 Å². The molecule has 2 aliphatic rings. The number of nitrogens with zero attached hydrogens (tertiary/aromatic N) is 3. The normalized spacial score (nSPS) is 21.7. The highest BCUT2D eigenvalue weighted by atomic mass is 19.4. The number of halogens is 3. The zero-order chi connectivity index (χ0) is 16.9. The van der Waals surface area contributed by atoms with Crippen LogP contribution in [0.3, 0.4) is 0 Å². The van der Waals surface area contributed by atoms with Gasteiger partial charge in [-0.3, -0.25) is 9.89 Å². The summed E-state index contributed by atoms with van der Waals surface area (Å²) in [7, 11) is 3.28. The number of likely N-dealkylation sites (tertiary alicyclic amines) is 1. The molecule has 0 atom stereocenters. The highest BCUT2D eigenvalue weighted by Crippen LogP contribution is 2.45.